The largest absolute Gasteiger partial charge is 0.384 e. The highest BCUT2D eigenvalue weighted by Crippen LogP contribution is 2.29. The normalized spacial score (nSPS) is 17.8. The molecule has 2 aromatic rings. The second kappa shape index (κ2) is 9.95. The van der Waals surface area contributed by atoms with Crippen LogP contribution in [0.25, 0.3) is 11.6 Å². The highest BCUT2D eigenvalue weighted by atomic mass is 32.1. The summed E-state index contributed by atoms with van der Waals surface area (Å²) in [4.78, 5) is 22.2. The average Bonchev–Trinajstić information content (AvgIpc) is 3.47. The third-order valence-corrected chi connectivity index (χ3v) is 5.56. The number of amidine groups is 1. The van der Waals surface area contributed by atoms with Crippen LogP contribution in [0.15, 0.2) is 54.3 Å². The summed E-state index contributed by atoms with van der Waals surface area (Å²) in [6.45, 7) is 11.1. The van der Waals surface area contributed by atoms with Crippen LogP contribution in [-0.4, -0.2) is 46.1 Å². The van der Waals surface area contributed by atoms with E-state index in [1.165, 1.54) is 23.5 Å². The van der Waals surface area contributed by atoms with Gasteiger partial charge in [-0.05, 0) is 37.6 Å². The third kappa shape index (κ3) is 5.40. The quantitative estimate of drug-likeness (QED) is 0.225. The first-order valence-electron chi connectivity index (χ1n) is 9.50. The number of hydrogen-bond donors (Lipinski definition) is 4. The molecule has 1 saturated heterocycles. The Labute approximate surface area is 179 Å². The van der Waals surface area contributed by atoms with E-state index in [0.29, 0.717) is 10.7 Å². The lowest BCUT2D eigenvalue weighted by Crippen LogP contribution is -2.37. The Morgan fingerprint density at radius 2 is 2.27 bits per heavy atom. The zero-order valence-electron chi connectivity index (χ0n) is 16.8. The molecule has 3 heterocycles. The van der Waals surface area contributed by atoms with Gasteiger partial charge in [-0.25, -0.2) is 9.98 Å². The van der Waals surface area contributed by atoms with Crippen molar-refractivity contribution in [3.05, 3.63) is 65.5 Å². The number of rotatable bonds is 8. The number of H-pyrrole nitrogens is 1. The van der Waals surface area contributed by atoms with Gasteiger partial charge < -0.3 is 16.4 Å². The van der Waals surface area contributed by atoms with Gasteiger partial charge in [0.1, 0.15) is 5.84 Å². The van der Waals surface area contributed by atoms with Gasteiger partial charge in [0, 0.05) is 29.9 Å². The Morgan fingerprint density at radius 1 is 1.43 bits per heavy atom. The van der Waals surface area contributed by atoms with Crippen LogP contribution >= 0.6 is 11.3 Å². The number of nitrogens with two attached hydrogens (primary N) is 1. The minimum absolute atomic E-state index is 0.115. The number of allylic oxidation sites excluding steroid dienone is 2. The number of nitrogens with zero attached hydrogens (tertiary/aromatic N) is 3. The van der Waals surface area contributed by atoms with E-state index in [4.69, 9.17) is 5.73 Å². The smallest absolute Gasteiger partial charge is 0.251 e. The minimum Gasteiger partial charge on any atom is -0.384 e. The van der Waals surface area contributed by atoms with Crippen LogP contribution in [0.4, 0.5) is 5.13 Å². The van der Waals surface area contributed by atoms with E-state index in [1.807, 2.05) is 13.0 Å². The molecule has 0 aromatic carbocycles. The number of aromatic amines is 1. The maximum atomic E-state index is 12.4. The van der Waals surface area contributed by atoms with Crippen LogP contribution in [-0.2, 0) is 4.79 Å². The summed E-state index contributed by atoms with van der Waals surface area (Å²) in [5.41, 5.74) is 9.10. The average molecular weight is 424 g/mol. The summed E-state index contributed by atoms with van der Waals surface area (Å²) in [7, 11) is 0. The molecule has 0 saturated carbocycles. The molecule has 0 unspecified atom stereocenters. The van der Waals surface area contributed by atoms with Crippen LogP contribution in [0.2, 0.25) is 0 Å². The number of carbonyl (C=O) groups is 1. The molecule has 0 radical (unpaired) electrons. The van der Waals surface area contributed by atoms with Crippen molar-refractivity contribution in [3.8, 4) is 0 Å². The Bertz CT molecular complexity index is 1010. The molecule has 9 heteroatoms. The van der Waals surface area contributed by atoms with Crippen LogP contribution < -0.4 is 16.4 Å². The van der Waals surface area contributed by atoms with Crippen molar-refractivity contribution in [1.29, 1.82) is 0 Å². The van der Waals surface area contributed by atoms with E-state index < -0.39 is 0 Å². The van der Waals surface area contributed by atoms with E-state index in [0.717, 1.165) is 41.2 Å². The molecule has 0 spiro atoms. The van der Waals surface area contributed by atoms with Crippen molar-refractivity contribution in [2.75, 3.05) is 13.1 Å². The van der Waals surface area contributed by atoms with Crippen molar-refractivity contribution in [3.63, 3.8) is 0 Å². The number of nitrogens with one attached hydrogen (secondary N) is 3. The molecule has 30 heavy (non-hydrogen) atoms. The lowest BCUT2D eigenvalue weighted by Gasteiger charge is -2.11. The molecule has 156 valence electrons. The van der Waals surface area contributed by atoms with E-state index in [9.17, 15) is 4.79 Å². The van der Waals surface area contributed by atoms with Crippen LogP contribution in [0.1, 0.15) is 22.6 Å². The number of carbonyl (C=O) groups excluding carboxylic acids is 1. The zero-order chi connectivity index (χ0) is 21.5. The summed E-state index contributed by atoms with van der Waals surface area (Å²) >= 11 is 1.40. The summed E-state index contributed by atoms with van der Waals surface area (Å²) < 4.78 is 0. The van der Waals surface area contributed by atoms with Gasteiger partial charge in [0.15, 0.2) is 0 Å². The second-order valence-electron chi connectivity index (χ2n) is 6.74. The highest BCUT2D eigenvalue weighted by molar-refractivity contribution is 7.16. The summed E-state index contributed by atoms with van der Waals surface area (Å²) in [5, 5.41) is 13.4. The molecule has 0 aliphatic carbocycles. The van der Waals surface area contributed by atoms with Gasteiger partial charge in [-0.15, -0.1) is 0 Å². The van der Waals surface area contributed by atoms with Crippen LogP contribution in [0, 0.1) is 6.92 Å². The molecule has 8 nitrogen and oxygen atoms in total. The predicted molar refractivity (Wildman–Crippen MR) is 122 cm³/mol. The van der Waals surface area contributed by atoms with Gasteiger partial charge >= 0.3 is 0 Å². The fraction of sp³-hybridized carbons (Fsp3) is 0.238. The van der Waals surface area contributed by atoms with E-state index in [2.05, 4.69) is 44.0 Å². The molecule has 5 N–H and O–H groups in total. The van der Waals surface area contributed by atoms with Crippen LogP contribution in [0.3, 0.4) is 0 Å². The van der Waals surface area contributed by atoms with Crippen molar-refractivity contribution < 1.29 is 4.79 Å². The predicted octanol–water partition coefficient (Wildman–Crippen LogP) is 2.48. The van der Waals surface area contributed by atoms with Gasteiger partial charge in [-0.3, -0.25) is 9.89 Å². The molecule has 2 aromatic heterocycles. The van der Waals surface area contributed by atoms with Crippen molar-refractivity contribution >= 4 is 39.9 Å². The minimum atomic E-state index is -0.216. The Hall–Kier alpha value is -3.30. The molecular weight excluding hydrogens is 398 g/mol. The number of aliphatic imine (C=N–C) groups is 1. The Balaban J connectivity index is 1.77. The summed E-state index contributed by atoms with van der Waals surface area (Å²) in [6.07, 6.45) is 11.2. The Morgan fingerprint density at radius 3 is 2.90 bits per heavy atom. The van der Waals surface area contributed by atoms with Gasteiger partial charge in [-0.2, -0.15) is 5.10 Å². The maximum absolute atomic E-state index is 12.4. The molecule has 1 aliphatic heterocycles. The fourth-order valence-electron chi connectivity index (χ4n) is 2.95. The first-order chi connectivity index (χ1) is 14.5. The molecule has 3 rings (SSSR count). The maximum Gasteiger partial charge on any atom is 0.251 e. The van der Waals surface area contributed by atoms with Gasteiger partial charge in [0.25, 0.3) is 5.91 Å². The van der Waals surface area contributed by atoms with Crippen molar-refractivity contribution in [2.24, 2.45) is 10.7 Å². The molecule has 1 atom stereocenters. The van der Waals surface area contributed by atoms with E-state index in [1.54, 1.807) is 18.5 Å². The first-order valence-corrected chi connectivity index (χ1v) is 10.3. The standard InChI is InChI=1S/C21H25N7OS/c1-4-14(16-10-24-25-11-16)8-18-13(3)26-21(30-18)28-19(22)9-15(5-2)20(29)27-17-6-7-23-12-17/h4-5,8-11,17,23H,1-2,6-7,12H2,3H3,(H,24,25)(H,27,29)(H2,22,26,28)/b14-8+,15-9+/t17-/m0/s1. The highest BCUT2D eigenvalue weighted by Gasteiger charge is 2.18. The third-order valence-electron chi connectivity index (χ3n) is 4.57. The van der Waals surface area contributed by atoms with Gasteiger partial charge in [-0.1, -0.05) is 36.6 Å². The first kappa shape index (κ1) is 21.4. The lowest BCUT2D eigenvalue weighted by molar-refractivity contribution is -0.117. The second-order valence-corrected chi connectivity index (χ2v) is 7.75. The summed E-state index contributed by atoms with van der Waals surface area (Å²) in [6, 6.07) is 0.115. The number of hydrogen-bond acceptors (Lipinski definition) is 6. The molecule has 0 bridgehead atoms. The fourth-order valence-corrected chi connectivity index (χ4v) is 3.86. The summed E-state index contributed by atoms with van der Waals surface area (Å²) in [5.74, 6) is -0.0285. The monoisotopic (exact) mass is 423 g/mol. The van der Waals surface area contributed by atoms with Gasteiger partial charge in [0.05, 0.1) is 16.8 Å². The van der Waals surface area contributed by atoms with E-state index in [-0.39, 0.29) is 17.8 Å². The molecule has 1 amide bonds. The zero-order valence-corrected chi connectivity index (χ0v) is 17.6. The van der Waals surface area contributed by atoms with E-state index >= 15 is 0 Å². The number of aromatic nitrogens is 3. The van der Waals surface area contributed by atoms with Crippen molar-refractivity contribution in [2.45, 2.75) is 19.4 Å². The molecule has 1 fully saturated rings. The number of aryl methyl sites for hydroxylation is 1. The Kier molecular flexibility index (Phi) is 7.10. The topological polar surface area (TPSA) is 121 Å². The number of thiazole rings is 1. The SMILES string of the molecule is C=C/C(=C\C(N)=Nc1nc(C)c(/C=C(\C=C)c2cn[nH]c2)s1)C(=O)N[C@H]1CCNC1. The molecular formula is C21H25N7OS. The molecule has 1 aliphatic rings. The van der Waals surface area contributed by atoms with Crippen LogP contribution in [0.5, 0.6) is 0 Å². The van der Waals surface area contributed by atoms with Crippen molar-refractivity contribution in [1.82, 2.24) is 25.8 Å². The number of amides is 1. The lowest BCUT2D eigenvalue weighted by atomic mass is 10.1. The van der Waals surface area contributed by atoms with Gasteiger partial charge in [0.2, 0.25) is 5.13 Å².